The number of hydrogen-bond donors (Lipinski definition) is 0. The minimum absolute atomic E-state index is 0.812. The highest BCUT2D eigenvalue weighted by Crippen LogP contribution is 2.26. The van der Waals surface area contributed by atoms with Crippen molar-refractivity contribution < 1.29 is 0 Å². The van der Waals surface area contributed by atoms with Gasteiger partial charge in [-0.05, 0) is 32.2 Å². The predicted octanol–water partition coefficient (Wildman–Crippen LogP) is 1.98. The molecule has 1 fully saturated rings. The highest BCUT2D eigenvalue weighted by molar-refractivity contribution is 4.81. The van der Waals surface area contributed by atoms with E-state index in [1.54, 1.807) is 0 Å². The summed E-state index contributed by atoms with van der Waals surface area (Å²) in [6, 6.07) is 0.812. The SMILES string of the molecule is CC(C)C1CC(C)N(C)C1. The molecular weight excluding hydrogens is 122 g/mol. The van der Waals surface area contributed by atoms with Crippen molar-refractivity contribution in [2.75, 3.05) is 13.6 Å². The molecule has 60 valence electrons. The molecule has 2 unspecified atom stereocenters. The van der Waals surface area contributed by atoms with Crippen molar-refractivity contribution in [1.82, 2.24) is 4.90 Å². The molecule has 0 radical (unpaired) electrons. The molecule has 1 heterocycles. The highest BCUT2D eigenvalue weighted by Gasteiger charge is 2.27. The number of hydrogen-bond acceptors (Lipinski definition) is 1. The van der Waals surface area contributed by atoms with Gasteiger partial charge in [0, 0.05) is 12.6 Å². The first-order valence-electron chi connectivity index (χ1n) is 4.31. The van der Waals surface area contributed by atoms with Gasteiger partial charge >= 0.3 is 0 Å². The van der Waals surface area contributed by atoms with Crippen LogP contribution in [0.5, 0.6) is 0 Å². The highest BCUT2D eigenvalue weighted by atomic mass is 15.1. The van der Waals surface area contributed by atoms with Gasteiger partial charge in [-0.2, -0.15) is 0 Å². The fraction of sp³-hybridized carbons (Fsp3) is 1.00. The fourth-order valence-corrected chi connectivity index (χ4v) is 1.73. The summed E-state index contributed by atoms with van der Waals surface area (Å²) in [5.41, 5.74) is 0. The second-order valence-electron chi connectivity index (χ2n) is 4.03. The Morgan fingerprint density at radius 3 is 2.20 bits per heavy atom. The van der Waals surface area contributed by atoms with E-state index in [0.717, 1.165) is 17.9 Å². The molecule has 0 spiro atoms. The minimum atomic E-state index is 0.812. The van der Waals surface area contributed by atoms with Gasteiger partial charge in [-0.25, -0.2) is 0 Å². The lowest BCUT2D eigenvalue weighted by molar-refractivity contribution is 0.315. The molecule has 0 amide bonds. The summed E-state index contributed by atoms with van der Waals surface area (Å²) >= 11 is 0. The van der Waals surface area contributed by atoms with E-state index in [1.807, 2.05) is 0 Å². The quantitative estimate of drug-likeness (QED) is 0.539. The van der Waals surface area contributed by atoms with Gasteiger partial charge in [0.1, 0.15) is 0 Å². The Labute approximate surface area is 64.4 Å². The van der Waals surface area contributed by atoms with Gasteiger partial charge in [0.2, 0.25) is 0 Å². The van der Waals surface area contributed by atoms with E-state index in [-0.39, 0.29) is 0 Å². The topological polar surface area (TPSA) is 3.24 Å². The Bertz CT molecular complexity index is 99.3. The minimum Gasteiger partial charge on any atom is -0.303 e. The van der Waals surface area contributed by atoms with E-state index in [2.05, 4.69) is 32.7 Å². The van der Waals surface area contributed by atoms with Crippen LogP contribution in [0.1, 0.15) is 27.2 Å². The fourth-order valence-electron chi connectivity index (χ4n) is 1.73. The van der Waals surface area contributed by atoms with Gasteiger partial charge in [-0.1, -0.05) is 13.8 Å². The molecule has 0 saturated carbocycles. The smallest absolute Gasteiger partial charge is 0.00672 e. The molecule has 0 aromatic heterocycles. The summed E-state index contributed by atoms with van der Waals surface area (Å²) in [6.45, 7) is 8.29. The van der Waals surface area contributed by atoms with E-state index >= 15 is 0 Å². The van der Waals surface area contributed by atoms with Crippen molar-refractivity contribution in [3.8, 4) is 0 Å². The van der Waals surface area contributed by atoms with Crippen LogP contribution in [0.3, 0.4) is 0 Å². The van der Waals surface area contributed by atoms with E-state index in [0.29, 0.717) is 0 Å². The van der Waals surface area contributed by atoms with Crippen molar-refractivity contribution in [2.45, 2.75) is 33.2 Å². The van der Waals surface area contributed by atoms with Crippen LogP contribution in [0.4, 0.5) is 0 Å². The molecule has 10 heavy (non-hydrogen) atoms. The van der Waals surface area contributed by atoms with Crippen molar-refractivity contribution in [2.24, 2.45) is 11.8 Å². The van der Waals surface area contributed by atoms with E-state index < -0.39 is 0 Å². The largest absolute Gasteiger partial charge is 0.303 e. The molecule has 2 atom stereocenters. The van der Waals surface area contributed by atoms with Crippen molar-refractivity contribution >= 4 is 0 Å². The summed E-state index contributed by atoms with van der Waals surface area (Å²) in [7, 11) is 2.23. The van der Waals surface area contributed by atoms with Crippen LogP contribution in [-0.4, -0.2) is 24.5 Å². The van der Waals surface area contributed by atoms with Crippen LogP contribution in [0.2, 0.25) is 0 Å². The molecule has 0 bridgehead atoms. The van der Waals surface area contributed by atoms with E-state index in [9.17, 15) is 0 Å². The number of nitrogens with zero attached hydrogens (tertiary/aromatic N) is 1. The summed E-state index contributed by atoms with van der Waals surface area (Å²) in [5, 5.41) is 0. The zero-order valence-corrected chi connectivity index (χ0v) is 7.59. The number of likely N-dealkylation sites (tertiary alicyclic amines) is 1. The monoisotopic (exact) mass is 141 g/mol. The molecule has 0 aliphatic carbocycles. The maximum Gasteiger partial charge on any atom is 0.00672 e. The first-order chi connectivity index (χ1) is 4.61. The summed E-state index contributed by atoms with van der Waals surface area (Å²) < 4.78 is 0. The third-order valence-corrected chi connectivity index (χ3v) is 2.86. The Morgan fingerprint density at radius 2 is 2.00 bits per heavy atom. The lowest BCUT2D eigenvalue weighted by atomic mass is 9.94. The maximum absolute atomic E-state index is 2.46. The molecule has 1 heteroatoms. The Kier molecular flexibility index (Phi) is 2.35. The predicted molar refractivity (Wildman–Crippen MR) is 45.0 cm³/mol. The van der Waals surface area contributed by atoms with Crippen LogP contribution >= 0.6 is 0 Å². The first-order valence-corrected chi connectivity index (χ1v) is 4.31. The third-order valence-electron chi connectivity index (χ3n) is 2.86. The Balaban J connectivity index is 2.41. The van der Waals surface area contributed by atoms with Crippen LogP contribution in [-0.2, 0) is 0 Å². The lowest BCUT2D eigenvalue weighted by Gasteiger charge is -2.13. The van der Waals surface area contributed by atoms with Crippen LogP contribution in [0.25, 0.3) is 0 Å². The van der Waals surface area contributed by atoms with Crippen LogP contribution in [0.15, 0.2) is 0 Å². The molecular formula is C9H19N. The first kappa shape index (κ1) is 8.06. The molecule has 0 aromatic carbocycles. The van der Waals surface area contributed by atoms with Gasteiger partial charge in [0.05, 0.1) is 0 Å². The maximum atomic E-state index is 2.46. The molecule has 1 rings (SSSR count). The molecule has 0 N–H and O–H groups in total. The zero-order valence-electron chi connectivity index (χ0n) is 7.59. The van der Waals surface area contributed by atoms with Gasteiger partial charge in [-0.3, -0.25) is 0 Å². The van der Waals surface area contributed by atoms with Gasteiger partial charge < -0.3 is 4.90 Å². The van der Waals surface area contributed by atoms with Gasteiger partial charge in [0.15, 0.2) is 0 Å². The third kappa shape index (κ3) is 1.51. The second-order valence-corrected chi connectivity index (χ2v) is 4.03. The lowest BCUT2D eigenvalue weighted by Crippen LogP contribution is -2.21. The van der Waals surface area contributed by atoms with Crippen molar-refractivity contribution in [1.29, 1.82) is 0 Å². The summed E-state index contributed by atoms with van der Waals surface area (Å²) in [5.74, 6) is 1.81. The summed E-state index contributed by atoms with van der Waals surface area (Å²) in [4.78, 5) is 2.46. The molecule has 1 aliphatic rings. The van der Waals surface area contributed by atoms with Crippen LogP contribution in [0, 0.1) is 11.8 Å². The van der Waals surface area contributed by atoms with E-state index in [4.69, 9.17) is 0 Å². The molecule has 1 saturated heterocycles. The van der Waals surface area contributed by atoms with Crippen molar-refractivity contribution in [3.63, 3.8) is 0 Å². The standard InChI is InChI=1S/C9H19N/c1-7(2)9-5-8(3)10(4)6-9/h7-9H,5-6H2,1-4H3. The van der Waals surface area contributed by atoms with Crippen LogP contribution < -0.4 is 0 Å². The average Bonchev–Trinajstić information content (AvgIpc) is 2.13. The zero-order chi connectivity index (χ0) is 7.72. The number of rotatable bonds is 1. The molecule has 1 nitrogen and oxygen atoms in total. The van der Waals surface area contributed by atoms with Gasteiger partial charge in [-0.15, -0.1) is 0 Å². The van der Waals surface area contributed by atoms with Crippen molar-refractivity contribution in [3.05, 3.63) is 0 Å². The molecule has 1 aliphatic heterocycles. The van der Waals surface area contributed by atoms with E-state index in [1.165, 1.54) is 13.0 Å². The van der Waals surface area contributed by atoms with Gasteiger partial charge in [0.25, 0.3) is 0 Å². The Hall–Kier alpha value is -0.0400. The molecule has 0 aromatic rings. The average molecular weight is 141 g/mol. The normalized spacial score (nSPS) is 35.7. The Morgan fingerprint density at radius 1 is 1.40 bits per heavy atom. The second kappa shape index (κ2) is 2.91. The summed E-state index contributed by atoms with van der Waals surface area (Å²) in [6.07, 6.45) is 1.40.